The van der Waals surface area contributed by atoms with E-state index in [1.165, 1.54) is 30.3 Å². The standard InChI is InChI=1S/C19H13F3N4O2/c1-19(21,22)18-24-16-12(10-23)3-2-4-14(16)17(28)26(18)25-15(27)9-11-5-7-13(20)8-6-11/h2-8H,9H2,1H3,(H,25,27). The predicted octanol–water partition coefficient (Wildman–Crippen LogP) is 2.83. The Balaban J connectivity index is 2.07. The second-order valence-corrected chi connectivity index (χ2v) is 6.12. The Kier molecular flexibility index (Phi) is 4.88. The van der Waals surface area contributed by atoms with E-state index in [-0.39, 0.29) is 22.9 Å². The lowest BCUT2D eigenvalue weighted by Gasteiger charge is -2.18. The van der Waals surface area contributed by atoms with Crippen LogP contribution in [0.4, 0.5) is 13.2 Å². The van der Waals surface area contributed by atoms with Gasteiger partial charge in [0.1, 0.15) is 11.9 Å². The number of halogens is 3. The molecule has 28 heavy (non-hydrogen) atoms. The normalized spacial score (nSPS) is 11.2. The second kappa shape index (κ2) is 7.15. The van der Waals surface area contributed by atoms with Crippen LogP contribution in [0.1, 0.15) is 23.9 Å². The van der Waals surface area contributed by atoms with Crippen molar-refractivity contribution in [3.05, 3.63) is 75.6 Å². The van der Waals surface area contributed by atoms with Gasteiger partial charge >= 0.3 is 5.92 Å². The average molecular weight is 386 g/mol. The molecule has 0 bridgehead atoms. The van der Waals surface area contributed by atoms with Crippen LogP contribution in [0.3, 0.4) is 0 Å². The zero-order valence-electron chi connectivity index (χ0n) is 14.5. The summed E-state index contributed by atoms with van der Waals surface area (Å²) in [5.41, 5.74) is 1.41. The molecule has 142 valence electrons. The van der Waals surface area contributed by atoms with Gasteiger partial charge in [0, 0.05) is 6.92 Å². The number of carbonyl (C=O) groups is 1. The Morgan fingerprint density at radius 2 is 1.93 bits per heavy atom. The van der Waals surface area contributed by atoms with Gasteiger partial charge in [-0.25, -0.2) is 9.37 Å². The molecule has 6 nitrogen and oxygen atoms in total. The summed E-state index contributed by atoms with van der Waals surface area (Å²) in [5.74, 6) is -5.82. The van der Waals surface area contributed by atoms with E-state index >= 15 is 0 Å². The fraction of sp³-hybridized carbons (Fsp3) is 0.158. The molecular weight excluding hydrogens is 373 g/mol. The number of para-hydroxylation sites is 1. The van der Waals surface area contributed by atoms with Gasteiger partial charge in [0.25, 0.3) is 5.56 Å². The molecule has 2 aromatic carbocycles. The molecule has 1 heterocycles. The number of benzene rings is 2. The molecule has 0 aliphatic heterocycles. The first kappa shape index (κ1) is 19.1. The lowest BCUT2D eigenvalue weighted by molar-refractivity contribution is -0.116. The number of aromatic nitrogens is 2. The summed E-state index contributed by atoms with van der Waals surface area (Å²) in [4.78, 5) is 28.8. The van der Waals surface area contributed by atoms with Gasteiger partial charge < -0.3 is 0 Å². The molecule has 0 unspecified atom stereocenters. The van der Waals surface area contributed by atoms with Crippen molar-refractivity contribution in [2.45, 2.75) is 19.3 Å². The van der Waals surface area contributed by atoms with Crippen molar-refractivity contribution in [3.8, 4) is 6.07 Å². The number of hydrogen-bond donors (Lipinski definition) is 1. The molecule has 1 N–H and O–H groups in total. The fourth-order valence-electron chi connectivity index (χ4n) is 2.65. The lowest BCUT2D eigenvalue weighted by Crippen LogP contribution is -2.39. The van der Waals surface area contributed by atoms with Crippen LogP contribution in [-0.4, -0.2) is 15.6 Å². The first-order valence-corrected chi connectivity index (χ1v) is 8.09. The third-order valence-electron chi connectivity index (χ3n) is 3.93. The van der Waals surface area contributed by atoms with E-state index in [4.69, 9.17) is 5.26 Å². The van der Waals surface area contributed by atoms with Crippen molar-refractivity contribution in [2.75, 3.05) is 5.43 Å². The summed E-state index contributed by atoms with van der Waals surface area (Å²) >= 11 is 0. The first-order chi connectivity index (χ1) is 13.2. The fourth-order valence-corrected chi connectivity index (χ4v) is 2.65. The van der Waals surface area contributed by atoms with E-state index < -0.39 is 29.0 Å². The summed E-state index contributed by atoms with van der Waals surface area (Å²) < 4.78 is 41.5. The van der Waals surface area contributed by atoms with Gasteiger partial charge in [-0.15, -0.1) is 0 Å². The summed E-state index contributed by atoms with van der Waals surface area (Å²) in [6, 6.07) is 10.9. The van der Waals surface area contributed by atoms with Gasteiger partial charge in [-0.3, -0.25) is 15.0 Å². The van der Waals surface area contributed by atoms with E-state index in [1.54, 1.807) is 6.07 Å². The molecule has 0 spiro atoms. The smallest absolute Gasteiger partial charge is 0.273 e. The maximum Gasteiger partial charge on any atom is 0.303 e. The zero-order valence-corrected chi connectivity index (χ0v) is 14.5. The summed E-state index contributed by atoms with van der Waals surface area (Å²) in [5, 5.41) is 9.05. The molecule has 0 atom stereocenters. The first-order valence-electron chi connectivity index (χ1n) is 8.09. The molecule has 0 saturated heterocycles. The number of carbonyl (C=O) groups excluding carboxylic acids is 1. The van der Waals surface area contributed by atoms with Crippen LogP contribution in [-0.2, 0) is 17.1 Å². The zero-order chi connectivity index (χ0) is 20.5. The highest BCUT2D eigenvalue weighted by Gasteiger charge is 2.33. The highest BCUT2D eigenvalue weighted by atomic mass is 19.3. The molecular formula is C19H13F3N4O2. The second-order valence-electron chi connectivity index (χ2n) is 6.12. The molecule has 3 aromatic rings. The molecule has 0 aliphatic rings. The van der Waals surface area contributed by atoms with Crippen molar-refractivity contribution in [3.63, 3.8) is 0 Å². The average Bonchev–Trinajstić information content (AvgIpc) is 2.64. The molecule has 0 radical (unpaired) electrons. The van der Waals surface area contributed by atoms with Crippen LogP contribution in [0.25, 0.3) is 10.9 Å². The van der Waals surface area contributed by atoms with Crippen molar-refractivity contribution in [1.29, 1.82) is 5.26 Å². The number of nitrogens with one attached hydrogen (secondary N) is 1. The Labute approximate surface area is 156 Å². The van der Waals surface area contributed by atoms with Crippen molar-refractivity contribution in [2.24, 2.45) is 0 Å². The van der Waals surface area contributed by atoms with E-state index in [0.29, 0.717) is 17.2 Å². The number of fused-ring (bicyclic) bond motifs is 1. The quantitative estimate of drug-likeness (QED) is 0.747. The SMILES string of the molecule is CC(F)(F)c1nc2c(C#N)cccc2c(=O)n1NC(=O)Cc1ccc(F)cc1. The Morgan fingerprint density at radius 1 is 1.25 bits per heavy atom. The van der Waals surface area contributed by atoms with E-state index in [1.807, 2.05) is 0 Å². The van der Waals surface area contributed by atoms with Crippen LogP contribution in [0.2, 0.25) is 0 Å². The largest absolute Gasteiger partial charge is 0.303 e. The topological polar surface area (TPSA) is 87.8 Å². The van der Waals surface area contributed by atoms with Gasteiger partial charge in [-0.1, -0.05) is 18.2 Å². The molecule has 0 fully saturated rings. The molecule has 1 aromatic heterocycles. The van der Waals surface area contributed by atoms with Gasteiger partial charge in [-0.2, -0.15) is 18.7 Å². The van der Waals surface area contributed by atoms with Crippen LogP contribution >= 0.6 is 0 Å². The minimum Gasteiger partial charge on any atom is -0.273 e. The van der Waals surface area contributed by atoms with Crippen LogP contribution in [0.5, 0.6) is 0 Å². The van der Waals surface area contributed by atoms with Crippen molar-refractivity contribution in [1.82, 2.24) is 9.66 Å². The summed E-state index contributed by atoms with van der Waals surface area (Å²) in [6.45, 7) is 0.526. The Bertz CT molecular complexity index is 1160. The van der Waals surface area contributed by atoms with E-state index in [0.717, 1.165) is 12.1 Å². The number of rotatable bonds is 4. The van der Waals surface area contributed by atoms with Crippen molar-refractivity contribution < 1.29 is 18.0 Å². The number of nitriles is 1. The minimum atomic E-state index is -3.57. The number of nitrogens with zero attached hydrogens (tertiary/aromatic N) is 3. The van der Waals surface area contributed by atoms with E-state index in [9.17, 15) is 22.8 Å². The molecule has 1 amide bonds. The highest BCUT2D eigenvalue weighted by molar-refractivity contribution is 5.87. The molecule has 0 saturated carbocycles. The Morgan fingerprint density at radius 3 is 2.54 bits per heavy atom. The summed E-state index contributed by atoms with van der Waals surface area (Å²) in [7, 11) is 0. The maximum absolute atomic E-state index is 14.1. The number of hydrogen-bond acceptors (Lipinski definition) is 4. The number of amides is 1. The third-order valence-corrected chi connectivity index (χ3v) is 3.93. The maximum atomic E-state index is 14.1. The molecule has 0 aliphatic carbocycles. The van der Waals surface area contributed by atoms with Crippen molar-refractivity contribution >= 4 is 16.8 Å². The highest BCUT2D eigenvalue weighted by Crippen LogP contribution is 2.26. The lowest BCUT2D eigenvalue weighted by atomic mass is 10.1. The molecule has 9 heteroatoms. The van der Waals surface area contributed by atoms with E-state index in [2.05, 4.69) is 10.4 Å². The van der Waals surface area contributed by atoms with Gasteiger partial charge in [-0.05, 0) is 29.8 Å². The van der Waals surface area contributed by atoms with Gasteiger partial charge in [0.15, 0.2) is 0 Å². The Hall–Kier alpha value is -3.67. The third kappa shape index (κ3) is 3.71. The summed E-state index contributed by atoms with van der Waals surface area (Å²) in [6.07, 6.45) is -0.266. The predicted molar refractivity (Wildman–Crippen MR) is 94.8 cm³/mol. The minimum absolute atomic E-state index is 0.0371. The number of alkyl halides is 2. The molecule has 3 rings (SSSR count). The van der Waals surface area contributed by atoms with Gasteiger partial charge in [0.05, 0.1) is 22.9 Å². The van der Waals surface area contributed by atoms with Gasteiger partial charge in [0.2, 0.25) is 11.7 Å². The van der Waals surface area contributed by atoms with Crippen LogP contribution < -0.4 is 11.0 Å². The van der Waals surface area contributed by atoms with Crippen LogP contribution in [0, 0.1) is 17.1 Å². The van der Waals surface area contributed by atoms with Crippen LogP contribution in [0.15, 0.2) is 47.3 Å². The monoisotopic (exact) mass is 386 g/mol.